The van der Waals surface area contributed by atoms with Gasteiger partial charge in [-0.05, 0) is 19.3 Å². The minimum Gasteiger partial charge on any atom is -0.453 e. The van der Waals surface area contributed by atoms with Crippen molar-refractivity contribution >= 4 is 6.09 Å². The van der Waals surface area contributed by atoms with Crippen LogP contribution in [0.3, 0.4) is 0 Å². The Kier molecular flexibility index (Phi) is 3.75. The Morgan fingerprint density at radius 1 is 1.79 bits per heavy atom. The van der Waals surface area contributed by atoms with E-state index in [0.29, 0.717) is 0 Å². The number of ether oxygens (including phenoxy) is 1. The van der Waals surface area contributed by atoms with Crippen LogP contribution in [0.5, 0.6) is 0 Å². The van der Waals surface area contributed by atoms with E-state index < -0.39 is 0 Å². The SMILES string of the molecule is CCC(C#N)C1CCCN1C(=O)OC. The Morgan fingerprint density at radius 3 is 3.00 bits per heavy atom. The molecular weight excluding hydrogens is 180 g/mol. The van der Waals surface area contributed by atoms with Gasteiger partial charge >= 0.3 is 6.09 Å². The standard InChI is InChI=1S/C10H16N2O2/c1-3-8(7-11)9-5-4-6-12(9)10(13)14-2/h8-9H,3-6H2,1-2H3. The average molecular weight is 196 g/mol. The molecule has 0 bridgehead atoms. The highest BCUT2D eigenvalue weighted by atomic mass is 16.5. The first kappa shape index (κ1) is 10.8. The summed E-state index contributed by atoms with van der Waals surface area (Å²) in [5.74, 6) is -0.0587. The molecule has 4 heteroatoms. The maximum atomic E-state index is 11.4. The van der Waals surface area contributed by atoms with Gasteiger partial charge in [-0.1, -0.05) is 6.92 Å². The predicted octanol–water partition coefficient (Wildman–Crippen LogP) is 1.77. The molecule has 1 fully saturated rings. The van der Waals surface area contributed by atoms with Crippen molar-refractivity contribution < 1.29 is 9.53 Å². The maximum Gasteiger partial charge on any atom is 0.409 e. The van der Waals surface area contributed by atoms with Gasteiger partial charge < -0.3 is 9.64 Å². The van der Waals surface area contributed by atoms with Crippen LogP contribution in [-0.2, 0) is 4.74 Å². The van der Waals surface area contributed by atoms with E-state index in [1.54, 1.807) is 4.90 Å². The average Bonchev–Trinajstić information content (AvgIpc) is 2.68. The molecule has 14 heavy (non-hydrogen) atoms. The lowest BCUT2D eigenvalue weighted by atomic mass is 9.97. The molecule has 4 nitrogen and oxygen atoms in total. The molecule has 0 radical (unpaired) electrons. The Labute approximate surface area is 84.4 Å². The van der Waals surface area contributed by atoms with E-state index in [-0.39, 0.29) is 18.1 Å². The van der Waals surface area contributed by atoms with Gasteiger partial charge in [0.1, 0.15) is 0 Å². The van der Waals surface area contributed by atoms with E-state index in [1.165, 1.54) is 7.11 Å². The molecule has 1 aliphatic rings. The second kappa shape index (κ2) is 4.85. The van der Waals surface area contributed by atoms with Crippen LogP contribution >= 0.6 is 0 Å². The van der Waals surface area contributed by atoms with Crippen LogP contribution in [0, 0.1) is 17.2 Å². The van der Waals surface area contributed by atoms with Gasteiger partial charge in [-0.3, -0.25) is 0 Å². The van der Waals surface area contributed by atoms with Crippen molar-refractivity contribution in [2.45, 2.75) is 32.2 Å². The summed E-state index contributed by atoms with van der Waals surface area (Å²) in [6.07, 6.45) is 2.37. The van der Waals surface area contributed by atoms with Crippen LogP contribution in [0.2, 0.25) is 0 Å². The summed E-state index contributed by atoms with van der Waals surface area (Å²) in [7, 11) is 1.38. The normalized spacial score (nSPS) is 22.9. The number of hydrogen-bond acceptors (Lipinski definition) is 3. The van der Waals surface area contributed by atoms with Gasteiger partial charge in [-0.15, -0.1) is 0 Å². The first-order valence-corrected chi connectivity index (χ1v) is 4.98. The van der Waals surface area contributed by atoms with E-state index in [4.69, 9.17) is 5.26 Å². The highest BCUT2D eigenvalue weighted by molar-refractivity contribution is 5.68. The van der Waals surface area contributed by atoms with Gasteiger partial charge in [-0.2, -0.15) is 5.26 Å². The first-order chi connectivity index (χ1) is 6.74. The molecular formula is C10H16N2O2. The van der Waals surface area contributed by atoms with Crippen molar-refractivity contribution in [2.75, 3.05) is 13.7 Å². The zero-order valence-electron chi connectivity index (χ0n) is 8.69. The summed E-state index contributed by atoms with van der Waals surface area (Å²) >= 11 is 0. The minimum atomic E-state index is -0.304. The highest BCUT2D eigenvalue weighted by Crippen LogP contribution is 2.26. The van der Waals surface area contributed by atoms with Crippen LogP contribution in [0.1, 0.15) is 26.2 Å². The molecule has 2 atom stereocenters. The maximum absolute atomic E-state index is 11.4. The summed E-state index contributed by atoms with van der Waals surface area (Å²) in [6, 6.07) is 2.31. The monoisotopic (exact) mass is 196 g/mol. The van der Waals surface area contributed by atoms with Crippen molar-refractivity contribution in [2.24, 2.45) is 5.92 Å². The molecule has 1 rings (SSSR count). The van der Waals surface area contributed by atoms with Crippen molar-refractivity contribution in [1.82, 2.24) is 4.90 Å². The molecule has 0 aromatic rings. The third-order valence-corrected chi connectivity index (χ3v) is 2.78. The van der Waals surface area contributed by atoms with Crippen LogP contribution in [-0.4, -0.2) is 30.7 Å². The minimum absolute atomic E-state index is 0.0532. The smallest absolute Gasteiger partial charge is 0.409 e. The number of amides is 1. The van der Waals surface area contributed by atoms with Crippen molar-refractivity contribution in [3.05, 3.63) is 0 Å². The van der Waals surface area contributed by atoms with E-state index in [2.05, 4.69) is 10.8 Å². The fourth-order valence-corrected chi connectivity index (χ4v) is 2.00. The lowest BCUT2D eigenvalue weighted by Crippen LogP contribution is -2.39. The summed E-state index contributed by atoms with van der Waals surface area (Å²) in [6.45, 7) is 2.69. The Bertz CT molecular complexity index is 247. The number of likely N-dealkylation sites (tertiary alicyclic amines) is 1. The molecule has 2 unspecified atom stereocenters. The summed E-state index contributed by atoms with van der Waals surface area (Å²) in [5, 5.41) is 8.93. The first-order valence-electron chi connectivity index (χ1n) is 4.98. The third-order valence-electron chi connectivity index (χ3n) is 2.78. The number of nitriles is 1. The Morgan fingerprint density at radius 2 is 2.50 bits per heavy atom. The zero-order valence-corrected chi connectivity index (χ0v) is 8.69. The number of carbonyl (C=O) groups is 1. The molecule has 1 saturated heterocycles. The molecule has 1 aliphatic heterocycles. The van der Waals surface area contributed by atoms with E-state index in [9.17, 15) is 4.79 Å². The molecule has 0 N–H and O–H groups in total. The number of carbonyl (C=O) groups excluding carboxylic acids is 1. The highest BCUT2D eigenvalue weighted by Gasteiger charge is 2.34. The lowest BCUT2D eigenvalue weighted by molar-refractivity contribution is 0.111. The van der Waals surface area contributed by atoms with Crippen LogP contribution < -0.4 is 0 Å². The quantitative estimate of drug-likeness (QED) is 0.676. The van der Waals surface area contributed by atoms with Crippen molar-refractivity contribution in [1.29, 1.82) is 5.26 Å². The number of methoxy groups -OCH3 is 1. The van der Waals surface area contributed by atoms with Gasteiger partial charge in [0.25, 0.3) is 0 Å². The van der Waals surface area contributed by atoms with Crippen LogP contribution in [0.4, 0.5) is 4.79 Å². The van der Waals surface area contributed by atoms with Crippen molar-refractivity contribution in [3.63, 3.8) is 0 Å². The van der Waals surface area contributed by atoms with Crippen LogP contribution in [0.15, 0.2) is 0 Å². The molecule has 1 heterocycles. The van der Waals surface area contributed by atoms with Crippen LogP contribution in [0.25, 0.3) is 0 Å². The summed E-state index contributed by atoms with van der Waals surface area (Å²) in [4.78, 5) is 13.0. The fourth-order valence-electron chi connectivity index (χ4n) is 2.00. The summed E-state index contributed by atoms with van der Waals surface area (Å²) < 4.78 is 4.68. The second-order valence-corrected chi connectivity index (χ2v) is 3.52. The zero-order chi connectivity index (χ0) is 10.6. The van der Waals surface area contributed by atoms with Gasteiger partial charge in [0.15, 0.2) is 0 Å². The molecule has 0 aliphatic carbocycles. The van der Waals surface area contributed by atoms with E-state index >= 15 is 0 Å². The van der Waals surface area contributed by atoms with Gasteiger partial charge in [0.2, 0.25) is 0 Å². The number of nitrogens with zero attached hydrogens (tertiary/aromatic N) is 2. The largest absolute Gasteiger partial charge is 0.453 e. The van der Waals surface area contributed by atoms with Gasteiger partial charge in [-0.25, -0.2) is 4.79 Å². The Balaban J connectivity index is 2.68. The number of rotatable bonds is 2. The molecule has 0 aromatic carbocycles. The second-order valence-electron chi connectivity index (χ2n) is 3.52. The third kappa shape index (κ3) is 1.98. The molecule has 78 valence electrons. The molecule has 1 amide bonds. The molecule has 0 saturated carbocycles. The molecule has 0 spiro atoms. The number of hydrogen-bond donors (Lipinski definition) is 0. The lowest BCUT2D eigenvalue weighted by Gasteiger charge is -2.25. The predicted molar refractivity (Wildman–Crippen MR) is 51.5 cm³/mol. The molecule has 0 aromatic heterocycles. The fraction of sp³-hybridized carbons (Fsp3) is 0.800. The van der Waals surface area contributed by atoms with Gasteiger partial charge in [0, 0.05) is 6.54 Å². The van der Waals surface area contributed by atoms with Gasteiger partial charge in [0.05, 0.1) is 25.1 Å². The van der Waals surface area contributed by atoms with Crippen molar-refractivity contribution in [3.8, 4) is 6.07 Å². The van der Waals surface area contributed by atoms with E-state index in [0.717, 1.165) is 25.8 Å². The van der Waals surface area contributed by atoms with E-state index in [1.807, 2.05) is 6.92 Å². The Hall–Kier alpha value is -1.24. The summed E-state index contributed by atoms with van der Waals surface area (Å²) in [5.41, 5.74) is 0. The topological polar surface area (TPSA) is 53.3 Å².